The molecule has 0 aliphatic carbocycles. The normalized spacial score (nSPS) is 10.6. The van der Waals surface area contributed by atoms with Gasteiger partial charge in [-0.05, 0) is 42.0 Å². The molecule has 160 valence electrons. The average Bonchev–Trinajstić information content (AvgIpc) is 2.85. The number of hydrogen-bond donors (Lipinski definition) is 1. The number of amides is 1. The Morgan fingerprint density at radius 3 is 2.41 bits per heavy atom. The van der Waals surface area contributed by atoms with Crippen LogP contribution >= 0.6 is 11.6 Å². The van der Waals surface area contributed by atoms with E-state index in [1.165, 1.54) is 10.9 Å². The van der Waals surface area contributed by atoms with Gasteiger partial charge >= 0.3 is 0 Å². The van der Waals surface area contributed by atoms with Crippen LogP contribution in [0, 0.1) is 0 Å². The summed E-state index contributed by atoms with van der Waals surface area (Å²) >= 11 is 6.29. The first-order valence-corrected chi connectivity index (χ1v) is 10.3. The van der Waals surface area contributed by atoms with Gasteiger partial charge < -0.3 is 10.2 Å². The fraction of sp³-hybridized carbons (Fsp3) is 0.0833. The Kier molecular flexibility index (Phi) is 6.28. The maximum absolute atomic E-state index is 12.6. The number of carbonyl (C=O) groups excluding carboxylic acids is 1. The van der Waals surface area contributed by atoms with E-state index in [4.69, 9.17) is 11.6 Å². The number of nitrogens with zero attached hydrogens (tertiary/aromatic N) is 4. The summed E-state index contributed by atoms with van der Waals surface area (Å²) in [6, 6.07) is 20.0. The minimum atomic E-state index is -0.394. The largest absolute Gasteiger partial charge is 0.378 e. The number of para-hydroxylation sites is 1. The third-order valence-corrected chi connectivity index (χ3v) is 5.32. The molecule has 8 heteroatoms. The van der Waals surface area contributed by atoms with Crippen molar-refractivity contribution in [3.8, 4) is 5.69 Å². The fourth-order valence-electron chi connectivity index (χ4n) is 3.15. The minimum Gasteiger partial charge on any atom is -0.378 e. The highest BCUT2D eigenvalue weighted by molar-refractivity contribution is 6.32. The summed E-state index contributed by atoms with van der Waals surface area (Å²) in [6.07, 6.45) is 4.72. The molecule has 32 heavy (non-hydrogen) atoms. The lowest BCUT2D eigenvalue weighted by Gasteiger charge is -2.18. The number of benzene rings is 2. The van der Waals surface area contributed by atoms with E-state index in [1.807, 2.05) is 42.5 Å². The van der Waals surface area contributed by atoms with Crippen molar-refractivity contribution in [2.75, 3.05) is 17.3 Å². The molecule has 0 fully saturated rings. The standard InChI is InChI=1S/C24H20ClN5O2/c1-29(23(31)18-11-13-26-14-12-18)19-9-7-17(8-10-19)15-27-21-16-28-30(24(32)22(21)25)20-5-3-2-4-6-20/h2-14,16,27H,15H2,1H3. The molecule has 0 radical (unpaired) electrons. The van der Waals surface area contributed by atoms with Gasteiger partial charge in [0.05, 0.1) is 17.6 Å². The molecular formula is C24H20ClN5O2. The van der Waals surface area contributed by atoms with Crippen molar-refractivity contribution in [1.29, 1.82) is 0 Å². The number of halogens is 1. The number of pyridine rings is 1. The average molecular weight is 446 g/mol. The van der Waals surface area contributed by atoms with Crippen LogP contribution in [-0.2, 0) is 6.54 Å². The first-order chi connectivity index (χ1) is 15.5. The highest BCUT2D eigenvalue weighted by Crippen LogP contribution is 2.20. The van der Waals surface area contributed by atoms with Crippen LogP contribution in [0.15, 0.2) is 90.1 Å². The van der Waals surface area contributed by atoms with Gasteiger partial charge in [-0.2, -0.15) is 9.78 Å². The van der Waals surface area contributed by atoms with Gasteiger partial charge in [0.25, 0.3) is 11.5 Å². The summed E-state index contributed by atoms with van der Waals surface area (Å²) in [5.41, 5.74) is 3.00. The second-order valence-electron chi connectivity index (χ2n) is 7.04. The van der Waals surface area contributed by atoms with E-state index in [0.29, 0.717) is 23.5 Å². The van der Waals surface area contributed by atoms with Gasteiger partial charge in [-0.1, -0.05) is 41.9 Å². The van der Waals surface area contributed by atoms with Gasteiger partial charge in [0, 0.05) is 37.2 Å². The molecule has 0 saturated heterocycles. The zero-order chi connectivity index (χ0) is 22.5. The van der Waals surface area contributed by atoms with E-state index in [2.05, 4.69) is 15.4 Å². The molecule has 0 bridgehead atoms. The Morgan fingerprint density at radius 1 is 1.03 bits per heavy atom. The number of aromatic nitrogens is 3. The zero-order valence-corrected chi connectivity index (χ0v) is 18.0. The summed E-state index contributed by atoms with van der Waals surface area (Å²) in [5.74, 6) is -0.116. The molecule has 0 saturated carbocycles. The molecule has 2 aromatic heterocycles. The molecule has 0 aliphatic heterocycles. The lowest BCUT2D eigenvalue weighted by molar-refractivity contribution is 0.0993. The quantitative estimate of drug-likeness (QED) is 0.481. The molecular weight excluding hydrogens is 426 g/mol. The lowest BCUT2D eigenvalue weighted by Crippen LogP contribution is -2.26. The summed E-state index contributed by atoms with van der Waals surface area (Å²) in [4.78, 5) is 30.7. The Bertz CT molecular complexity index is 1280. The number of nitrogens with one attached hydrogen (secondary N) is 1. The van der Waals surface area contributed by atoms with Gasteiger partial charge in [-0.15, -0.1) is 0 Å². The summed E-state index contributed by atoms with van der Waals surface area (Å²) in [6.45, 7) is 0.443. The van der Waals surface area contributed by atoms with Gasteiger partial charge in [-0.3, -0.25) is 14.6 Å². The molecule has 2 aromatic carbocycles. The van der Waals surface area contributed by atoms with Crippen molar-refractivity contribution in [1.82, 2.24) is 14.8 Å². The maximum atomic E-state index is 12.6. The molecule has 0 aliphatic rings. The monoisotopic (exact) mass is 445 g/mol. The van der Waals surface area contributed by atoms with Crippen LogP contribution in [0.2, 0.25) is 5.02 Å². The van der Waals surface area contributed by atoms with E-state index >= 15 is 0 Å². The van der Waals surface area contributed by atoms with Crippen LogP contribution < -0.4 is 15.8 Å². The second kappa shape index (κ2) is 9.45. The molecule has 0 unspecified atom stereocenters. The number of hydrogen-bond acceptors (Lipinski definition) is 5. The van der Waals surface area contributed by atoms with Gasteiger partial charge in [-0.25, -0.2) is 0 Å². The van der Waals surface area contributed by atoms with Crippen LogP contribution in [0.25, 0.3) is 5.69 Å². The van der Waals surface area contributed by atoms with Crippen molar-refractivity contribution >= 4 is 28.9 Å². The summed E-state index contributed by atoms with van der Waals surface area (Å²) in [5, 5.41) is 7.44. The molecule has 4 rings (SSSR count). The van der Waals surface area contributed by atoms with Crippen LogP contribution in [0.1, 0.15) is 15.9 Å². The number of carbonyl (C=O) groups is 1. The third kappa shape index (κ3) is 4.53. The molecule has 1 N–H and O–H groups in total. The lowest BCUT2D eigenvalue weighted by atomic mass is 10.1. The highest BCUT2D eigenvalue weighted by atomic mass is 35.5. The Hall–Kier alpha value is -3.97. The second-order valence-corrected chi connectivity index (χ2v) is 7.42. The molecule has 1 amide bonds. The van der Waals surface area contributed by atoms with E-state index in [0.717, 1.165) is 11.3 Å². The predicted octanol–water partition coefficient (Wildman–Crippen LogP) is 4.17. The van der Waals surface area contributed by atoms with E-state index < -0.39 is 5.56 Å². The van der Waals surface area contributed by atoms with Crippen molar-refractivity contribution in [3.63, 3.8) is 0 Å². The van der Waals surface area contributed by atoms with E-state index in [9.17, 15) is 9.59 Å². The first kappa shape index (κ1) is 21.3. The summed E-state index contributed by atoms with van der Waals surface area (Å²) in [7, 11) is 1.73. The van der Waals surface area contributed by atoms with E-state index in [-0.39, 0.29) is 10.9 Å². The molecule has 0 atom stereocenters. The van der Waals surface area contributed by atoms with Crippen molar-refractivity contribution in [3.05, 3.63) is 112 Å². The zero-order valence-electron chi connectivity index (χ0n) is 17.3. The Labute approximate surface area is 189 Å². The fourth-order valence-corrected chi connectivity index (χ4v) is 3.34. The third-order valence-electron chi connectivity index (χ3n) is 4.96. The maximum Gasteiger partial charge on any atom is 0.292 e. The molecule has 0 spiro atoms. The molecule has 4 aromatic rings. The molecule has 7 nitrogen and oxygen atoms in total. The highest BCUT2D eigenvalue weighted by Gasteiger charge is 2.14. The van der Waals surface area contributed by atoms with Gasteiger partial charge in [0.15, 0.2) is 0 Å². The van der Waals surface area contributed by atoms with Crippen molar-refractivity contribution in [2.45, 2.75) is 6.54 Å². The van der Waals surface area contributed by atoms with Crippen LogP contribution in [0.3, 0.4) is 0 Å². The minimum absolute atomic E-state index is 0.0724. The predicted molar refractivity (Wildman–Crippen MR) is 126 cm³/mol. The topological polar surface area (TPSA) is 80.1 Å². The Balaban J connectivity index is 1.44. The van der Waals surface area contributed by atoms with Crippen molar-refractivity contribution in [2.24, 2.45) is 0 Å². The number of rotatable bonds is 6. The number of anilines is 2. The van der Waals surface area contributed by atoms with Crippen LogP contribution in [-0.4, -0.2) is 27.7 Å². The van der Waals surface area contributed by atoms with E-state index in [1.54, 1.807) is 48.6 Å². The van der Waals surface area contributed by atoms with Crippen LogP contribution in [0.5, 0.6) is 0 Å². The van der Waals surface area contributed by atoms with Gasteiger partial charge in [0.2, 0.25) is 0 Å². The van der Waals surface area contributed by atoms with Crippen LogP contribution in [0.4, 0.5) is 11.4 Å². The first-order valence-electron chi connectivity index (χ1n) is 9.89. The van der Waals surface area contributed by atoms with Gasteiger partial charge in [0.1, 0.15) is 5.02 Å². The Morgan fingerprint density at radius 2 is 1.72 bits per heavy atom. The summed E-state index contributed by atoms with van der Waals surface area (Å²) < 4.78 is 1.26. The smallest absolute Gasteiger partial charge is 0.292 e. The molecule has 2 heterocycles. The SMILES string of the molecule is CN(C(=O)c1ccncc1)c1ccc(CNc2cnn(-c3ccccc3)c(=O)c2Cl)cc1. The van der Waals surface area contributed by atoms with Crippen molar-refractivity contribution < 1.29 is 4.79 Å².